The molecule has 8 bridgehead atoms. The number of esters is 1. The average Bonchev–Trinajstić information content (AvgIpc) is 3.66. The lowest BCUT2D eigenvalue weighted by molar-refractivity contribution is -0.149. The SMILES string of the molecule is C=Cc1c(C)/c2[nH]/c1=C\C1N/C(=C\C3NC4C(=C3C)C(=O)C(C(=O)OC)C4C3NC(\C=2)C(C)=C3Cl)C(CC)=C1C. The molecule has 0 aromatic carbocycles. The first-order valence-corrected chi connectivity index (χ1v) is 14.4. The number of hydrogen-bond donors (Lipinski definition) is 4. The van der Waals surface area contributed by atoms with Crippen LogP contribution in [-0.2, 0) is 14.3 Å². The van der Waals surface area contributed by atoms with Gasteiger partial charge in [0.1, 0.15) is 5.92 Å². The van der Waals surface area contributed by atoms with Crippen LogP contribution in [0.25, 0.3) is 18.2 Å². The monoisotopic (exact) mass is 560 g/mol. The quantitative estimate of drug-likeness (QED) is 0.335. The van der Waals surface area contributed by atoms with Crippen LogP contribution in [0.2, 0.25) is 0 Å². The van der Waals surface area contributed by atoms with Gasteiger partial charge in [0.15, 0.2) is 5.78 Å². The van der Waals surface area contributed by atoms with Crippen LogP contribution in [0.15, 0.2) is 51.2 Å². The molecule has 1 aromatic heterocycles. The number of rotatable bonds is 3. The van der Waals surface area contributed by atoms with E-state index in [1.807, 2.05) is 19.9 Å². The largest absolute Gasteiger partial charge is 0.468 e. The summed E-state index contributed by atoms with van der Waals surface area (Å²) in [4.78, 5) is 30.6. The number of nitrogens with one attached hydrogen (secondary N) is 4. The van der Waals surface area contributed by atoms with Crippen LogP contribution in [0.1, 0.15) is 45.2 Å². The van der Waals surface area contributed by atoms with Crippen LogP contribution >= 0.6 is 11.6 Å². The molecule has 1 aliphatic carbocycles. The highest BCUT2D eigenvalue weighted by atomic mass is 35.5. The van der Waals surface area contributed by atoms with Gasteiger partial charge in [0.2, 0.25) is 0 Å². The molecule has 8 heteroatoms. The molecule has 7 atom stereocenters. The maximum atomic E-state index is 13.9. The molecular weight excluding hydrogens is 524 g/mol. The number of aromatic nitrogens is 1. The molecule has 7 unspecified atom stereocenters. The highest BCUT2D eigenvalue weighted by Gasteiger charge is 2.58. The predicted molar refractivity (Wildman–Crippen MR) is 158 cm³/mol. The number of aromatic amines is 1. The Hall–Kier alpha value is -3.13. The molecule has 4 aliphatic heterocycles. The molecular formula is C32H37ClN4O3. The van der Waals surface area contributed by atoms with Gasteiger partial charge in [0.05, 0.1) is 19.2 Å². The van der Waals surface area contributed by atoms with Crippen molar-refractivity contribution in [3.05, 3.63) is 73.1 Å². The number of ether oxygens (including phenoxy) is 1. The van der Waals surface area contributed by atoms with E-state index in [1.54, 1.807) is 0 Å². The van der Waals surface area contributed by atoms with E-state index < -0.39 is 17.8 Å². The maximum Gasteiger partial charge on any atom is 0.317 e. The van der Waals surface area contributed by atoms with Gasteiger partial charge in [-0.15, -0.1) is 0 Å². The van der Waals surface area contributed by atoms with Gasteiger partial charge in [-0.2, -0.15) is 0 Å². The molecule has 210 valence electrons. The van der Waals surface area contributed by atoms with Crippen LogP contribution in [0, 0.1) is 18.8 Å². The molecule has 5 aliphatic rings. The van der Waals surface area contributed by atoms with Gasteiger partial charge in [-0.25, -0.2) is 0 Å². The topological polar surface area (TPSA) is 95.3 Å². The Morgan fingerprint density at radius 3 is 2.35 bits per heavy atom. The zero-order chi connectivity index (χ0) is 28.6. The first kappa shape index (κ1) is 27.1. The third-order valence-corrected chi connectivity index (χ3v) is 10.2. The van der Waals surface area contributed by atoms with Gasteiger partial charge in [-0.05, 0) is 80.2 Å². The minimum Gasteiger partial charge on any atom is -0.468 e. The van der Waals surface area contributed by atoms with Crippen molar-refractivity contribution < 1.29 is 14.3 Å². The Balaban J connectivity index is 1.60. The van der Waals surface area contributed by atoms with Crippen molar-refractivity contribution in [2.24, 2.45) is 11.8 Å². The second kappa shape index (κ2) is 9.75. The standard InChI is InChI=1S/C32H37ClN4O3/c1-8-17-13(3)19-10-22-16(6)28(33)30(37-22)26-27(32(39)40-7)31(38)25-15(5)21(36-29(25)26)12-24-18(9-2)14(4)20(35-24)11-23(17)34-19/h8,10-12,20-22,26-27,29-30,34-37H,1,9H2,2-7H3/b19-10-,23-11-,24-12-. The van der Waals surface area contributed by atoms with E-state index in [9.17, 15) is 9.59 Å². The van der Waals surface area contributed by atoms with Crippen LogP contribution in [0.3, 0.4) is 0 Å². The smallest absolute Gasteiger partial charge is 0.317 e. The molecule has 1 aromatic rings. The second-order valence-corrected chi connectivity index (χ2v) is 12.0. The fraction of sp³-hybridized carbons (Fsp3) is 0.438. The summed E-state index contributed by atoms with van der Waals surface area (Å²) in [6.07, 6.45) is 9.37. The van der Waals surface area contributed by atoms with Gasteiger partial charge in [0, 0.05) is 56.6 Å². The summed E-state index contributed by atoms with van der Waals surface area (Å²) in [5, 5.41) is 13.8. The van der Waals surface area contributed by atoms with E-state index >= 15 is 0 Å². The molecule has 40 heavy (non-hydrogen) atoms. The summed E-state index contributed by atoms with van der Waals surface area (Å²) in [6.45, 7) is 14.5. The molecule has 0 amide bonds. The van der Waals surface area contributed by atoms with Crippen LogP contribution in [0.4, 0.5) is 0 Å². The number of methoxy groups -OCH3 is 1. The average molecular weight is 561 g/mol. The van der Waals surface area contributed by atoms with Crippen molar-refractivity contribution in [3.63, 3.8) is 0 Å². The summed E-state index contributed by atoms with van der Waals surface area (Å²) in [6, 6.07) is -1.01. The Labute approximate surface area is 239 Å². The Morgan fingerprint density at radius 2 is 1.68 bits per heavy atom. The Kier molecular flexibility index (Phi) is 6.60. The van der Waals surface area contributed by atoms with Gasteiger partial charge in [-0.3, -0.25) is 20.2 Å². The van der Waals surface area contributed by atoms with Crippen molar-refractivity contribution in [1.82, 2.24) is 20.9 Å². The first-order valence-electron chi connectivity index (χ1n) is 14.0. The summed E-state index contributed by atoms with van der Waals surface area (Å²) in [5.41, 5.74) is 8.40. The van der Waals surface area contributed by atoms with Crippen molar-refractivity contribution in [2.45, 2.75) is 71.2 Å². The number of halogens is 1. The predicted octanol–water partition coefficient (Wildman–Crippen LogP) is 2.62. The number of hydrogen-bond acceptors (Lipinski definition) is 6. The van der Waals surface area contributed by atoms with E-state index in [0.717, 1.165) is 45.1 Å². The first-order chi connectivity index (χ1) is 19.1. The van der Waals surface area contributed by atoms with E-state index in [1.165, 1.54) is 18.3 Å². The second-order valence-electron chi connectivity index (χ2n) is 11.6. The molecule has 5 heterocycles. The maximum absolute atomic E-state index is 13.9. The summed E-state index contributed by atoms with van der Waals surface area (Å²) in [5.74, 6) is -2.04. The van der Waals surface area contributed by atoms with E-state index in [-0.39, 0.29) is 36.0 Å². The van der Waals surface area contributed by atoms with Gasteiger partial charge < -0.3 is 15.0 Å². The Bertz CT molecular complexity index is 1610. The lowest BCUT2D eigenvalue weighted by Gasteiger charge is -2.30. The van der Waals surface area contributed by atoms with Crippen molar-refractivity contribution >= 4 is 41.6 Å². The van der Waals surface area contributed by atoms with Crippen LogP contribution in [-0.4, -0.2) is 54.1 Å². The zero-order valence-electron chi connectivity index (χ0n) is 23.9. The number of ketones is 1. The number of carbonyl (C=O) groups is 2. The summed E-state index contributed by atoms with van der Waals surface area (Å²) < 4.78 is 5.15. The number of H-pyrrole nitrogens is 1. The van der Waals surface area contributed by atoms with Crippen molar-refractivity contribution in [2.75, 3.05) is 7.11 Å². The van der Waals surface area contributed by atoms with Crippen molar-refractivity contribution in [1.29, 1.82) is 0 Å². The van der Waals surface area contributed by atoms with Crippen LogP contribution < -0.4 is 26.6 Å². The summed E-state index contributed by atoms with van der Waals surface area (Å²) in [7, 11) is 1.34. The third kappa shape index (κ3) is 3.78. The minimum atomic E-state index is -0.930. The molecule has 7 nitrogen and oxygen atoms in total. The van der Waals surface area contributed by atoms with Gasteiger partial charge >= 0.3 is 5.97 Å². The fourth-order valence-corrected chi connectivity index (χ4v) is 7.78. The molecule has 0 saturated heterocycles. The molecule has 6 rings (SSSR count). The van der Waals surface area contributed by atoms with E-state index in [4.69, 9.17) is 16.3 Å². The fourth-order valence-electron chi connectivity index (χ4n) is 7.45. The highest BCUT2D eigenvalue weighted by molar-refractivity contribution is 6.31. The van der Waals surface area contributed by atoms with Crippen molar-refractivity contribution in [3.8, 4) is 0 Å². The number of fused-ring (bicyclic) bond motifs is 8. The molecule has 4 N–H and O–H groups in total. The number of Topliss-reactive ketones (excluding diaryl/α,β-unsaturated/α-hetero) is 1. The molecule has 1 fully saturated rings. The summed E-state index contributed by atoms with van der Waals surface area (Å²) >= 11 is 7.03. The molecule has 0 radical (unpaired) electrons. The lowest BCUT2D eigenvalue weighted by Crippen LogP contribution is -2.49. The zero-order valence-corrected chi connectivity index (χ0v) is 24.6. The van der Waals surface area contributed by atoms with Crippen LogP contribution in [0.5, 0.6) is 0 Å². The minimum absolute atomic E-state index is 0.0238. The molecule has 0 spiro atoms. The lowest BCUT2D eigenvalue weighted by atomic mass is 9.86. The van der Waals surface area contributed by atoms with Gasteiger partial charge in [-0.1, -0.05) is 31.2 Å². The van der Waals surface area contributed by atoms with E-state index in [2.05, 4.69) is 66.5 Å². The highest BCUT2D eigenvalue weighted by Crippen LogP contribution is 2.46. The van der Waals surface area contributed by atoms with Gasteiger partial charge in [0.25, 0.3) is 0 Å². The number of allylic oxidation sites excluding steroid dienone is 1. The molecule has 1 saturated carbocycles. The normalized spacial score (nSPS) is 35.7. The number of carbonyl (C=O) groups excluding carboxylic acids is 2. The van der Waals surface area contributed by atoms with E-state index in [0.29, 0.717) is 10.6 Å². The third-order valence-electron chi connectivity index (χ3n) is 9.70. The Morgan fingerprint density at radius 1 is 1.00 bits per heavy atom.